The van der Waals surface area contributed by atoms with E-state index < -0.39 is 0 Å². The van der Waals surface area contributed by atoms with Crippen molar-refractivity contribution in [1.29, 1.82) is 0 Å². The summed E-state index contributed by atoms with van der Waals surface area (Å²) in [7, 11) is 1.66. The van der Waals surface area contributed by atoms with E-state index in [1.165, 1.54) is 0 Å². The molecule has 0 aliphatic carbocycles. The molecule has 2 saturated heterocycles. The molecule has 10 heteroatoms. The Bertz CT molecular complexity index is 1290. The second-order valence-corrected chi connectivity index (χ2v) is 9.44. The maximum absolute atomic E-state index is 13.3. The van der Waals surface area contributed by atoms with E-state index in [1.54, 1.807) is 23.8 Å². The van der Waals surface area contributed by atoms with E-state index in [4.69, 9.17) is 16.3 Å². The number of methoxy groups -OCH3 is 1. The van der Waals surface area contributed by atoms with Gasteiger partial charge < -0.3 is 24.3 Å². The topological polar surface area (TPSA) is 82.1 Å². The van der Waals surface area contributed by atoms with Gasteiger partial charge in [-0.3, -0.25) is 9.59 Å². The lowest BCUT2D eigenvalue weighted by molar-refractivity contribution is -0.130. The van der Waals surface area contributed by atoms with Gasteiger partial charge in [0, 0.05) is 75.1 Å². The summed E-state index contributed by atoms with van der Waals surface area (Å²) in [6.07, 6.45) is 0. The second kappa shape index (κ2) is 10.2. The van der Waals surface area contributed by atoms with Gasteiger partial charge in [0.2, 0.25) is 5.91 Å². The van der Waals surface area contributed by atoms with E-state index >= 15 is 0 Å². The fourth-order valence-electron chi connectivity index (χ4n) is 4.92. The van der Waals surface area contributed by atoms with Crippen LogP contribution in [0.3, 0.4) is 0 Å². The molecule has 0 saturated carbocycles. The average Bonchev–Trinajstić information content (AvgIpc) is 2.92. The summed E-state index contributed by atoms with van der Waals surface area (Å²) in [6.45, 7) is 6.64. The minimum Gasteiger partial charge on any atom is -0.495 e. The highest BCUT2D eigenvalue weighted by atomic mass is 35.5. The van der Waals surface area contributed by atoms with Crippen LogP contribution in [-0.4, -0.2) is 91.3 Å². The van der Waals surface area contributed by atoms with Crippen LogP contribution < -0.4 is 14.5 Å². The predicted octanol–water partition coefficient (Wildman–Crippen LogP) is 2.92. The first-order valence-electron chi connectivity index (χ1n) is 12.1. The van der Waals surface area contributed by atoms with Gasteiger partial charge >= 0.3 is 0 Å². The number of fused-ring (bicyclic) bond motifs is 1. The number of carbonyl (C=O) groups is 2. The molecule has 2 amide bonds. The lowest BCUT2D eigenvalue weighted by atomic mass is 10.1. The highest BCUT2D eigenvalue weighted by molar-refractivity contribution is 6.31. The minimum atomic E-state index is -0.147. The molecule has 9 nitrogen and oxygen atoms in total. The monoisotopic (exact) mass is 508 g/mol. The van der Waals surface area contributed by atoms with Crippen molar-refractivity contribution in [3.63, 3.8) is 0 Å². The zero-order chi connectivity index (χ0) is 25.2. The van der Waals surface area contributed by atoms with Gasteiger partial charge in [-0.25, -0.2) is 0 Å². The van der Waals surface area contributed by atoms with E-state index in [-0.39, 0.29) is 11.8 Å². The molecule has 3 heterocycles. The molecule has 0 atom stereocenters. The Balaban J connectivity index is 1.35. The lowest BCUT2D eigenvalue weighted by Gasteiger charge is -2.37. The predicted molar refractivity (Wildman–Crippen MR) is 140 cm³/mol. The first-order chi connectivity index (χ1) is 17.5. The van der Waals surface area contributed by atoms with Crippen molar-refractivity contribution in [2.24, 2.45) is 0 Å². The summed E-state index contributed by atoms with van der Waals surface area (Å²) in [5.41, 5.74) is 1.33. The fraction of sp³-hybridized carbons (Fsp3) is 0.385. The van der Waals surface area contributed by atoms with Crippen molar-refractivity contribution < 1.29 is 14.3 Å². The summed E-state index contributed by atoms with van der Waals surface area (Å²) in [5.74, 6) is 1.46. The fourth-order valence-corrected chi connectivity index (χ4v) is 5.09. The van der Waals surface area contributed by atoms with Crippen molar-refractivity contribution in [3.8, 4) is 5.75 Å². The van der Waals surface area contributed by atoms with E-state index in [0.29, 0.717) is 36.9 Å². The number of piperazine rings is 2. The molecule has 0 bridgehead atoms. The number of hydrogen-bond donors (Lipinski definition) is 0. The van der Waals surface area contributed by atoms with E-state index in [2.05, 4.69) is 20.0 Å². The van der Waals surface area contributed by atoms with Crippen LogP contribution in [0.2, 0.25) is 5.02 Å². The van der Waals surface area contributed by atoms with Gasteiger partial charge in [-0.15, -0.1) is 10.2 Å². The molecule has 5 rings (SSSR count). The largest absolute Gasteiger partial charge is 0.495 e. The Labute approximate surface area is 215 Å². The Morgan fingerprint density at radius 3 is 2.14 bits per heavy atom. The first-order valence-corrected chi connectivity index (χ1v) is 12.5. The summed E-state index contributed by atoms with van der Waals surface area (Å²) in [6, 6.07) is 13.5. The van der Waals surface area contributed by atoms with Gasteiger partial charge in [0.15, 0.2) is 11.5 Å². The molecule has 0 radical (unpaired) electrons. The summed E-state index contributed by atoms with van der Waals surface area (Å²) < 4.78 is 5.53. The highest BCUT2D eigenvalue weighted by Gasteiger charge is 2.28. The van der Waals surface area contributed by atoms with Crippen LogP contribution in [0, 0.1) is 0 Å². The van der Waals surface area contributed by atoms with Crippen molar-refractivity contribution in [3.05, 3.63) is 53.2 Å². The first kappa shape index (κ1) is 24.1. The summed E-state index contributed by atoms with van der Waals surface area (Å²) >= 11 is 6.24. The normalized spacial score (nSPS) is 16.4. The molecular formula is C26H29ClN6O3. The third kappa shape index (κ3) is 4.63. The van der Waals surface area contributed by atoms with Crippen molar-refractivity contribution in [1.82, 2.24) is 20.0 Å². The average molecular weight is 509 g/mol. The van der Waals surface area contributed by atoms with Crippen molar-refractivity contribution in [2.45, 2.75) is 6.92 Å². The molecule has 2 aliphatic rings. The number of benzene rings is 2. The standard InChI is InChI=1S/C26H29ClN6O3/c1-18(34)30-9-15-33(16-10-30)26(35)24-20-5-3-4-6-21(20)25(29-28-24)32-13-11-31(12-14-32)22-17-19(27)7-8-23(22)36-2/h3-8,17H,9-16H2,1-2H3. The number of ether oxygens (including phenoxy) is 1. The molecule has 188 valence electrons. The van der Waals surface area contributed by atoms with Crippen LogP contribution in [-0.2, 0) is 4.79 Å². The minimum absolute atomic E-state index is 0.0330. The number of carbonyl (C=O) groups excluding carboxylic acids is 2. The van der Waals surface area contributed by atoms with E-state index in [0.717, 1.165) is 54.2 Å². The molecule has 0 spiro atoms. The van der Waals surface area contributed by atoms with E-state index in [1.807, 2.05) is 42.5 Å². The van der Waals surface area contributed by atoms with Crippen LogP contribution in [0.1, 0.15) is 17.4 Å². The smallest absolute Gasteiger partial charge is 0.275 e. The Hall–Kier alpha value is -3.59. The summed E-state index contributed by atoms with van der Waals surface area (Å²) in [5, 5.41) is 11.3. The molecule has 2 aliphatic heterocycles. The molecule has 2 fully saturated rings. The zero-order valence-electron chi connectivity index (χ0n) is 20.5. The van der Waals surface area contributed by atoms with Crippen molar-refractivity contribution >= 4 is 45.7 Å². The van der Waals surface area contributed by atoms with Gasteiger partial charge in [0.1, 0.15) is 5.75 Å². The van der Waals surface area contributed by atoms with Crippen LogP contribution in [0.15, 0.2) is 42.5 Å². The molecule has 1 aromatic heterocycles. The van der Waals surface area contributed by atoms with Gasteiger partial charge in [0.05, 0.1) is 12.8 Å². The number of hydrogen-bond acceptors (Lipinski definition) is 7. The number of nitrogens with zero attached hydrogens (tertiary/aromatic N) is 6. The maximum Gasteiger partial charge on any atom is 0.275 e. The van der Waals surface area contributed by atoms with Crippen LogP contribution in [0.4, 0.5) is 11.5 Å². The number of anilines is 2. The van der Waals surface area contributed by atoms with Gasteiger partial charge in [-0.2, -0.15) is 0 Å². The Morgan fingerprint density at radius 1 is 0.833 bits per heavy atom. The molecule has 0 N–H and O–H groups in total. The number of aromatic nitrogens is 2. The number of halogens is 1. The molecular weight excluding hydrogens is 480 g/mol. The quantitative estimate of drug-likeness (QED) is 0.536. The molecule has 0 unspecified atom stereocenters. The van der Waals surface area contributed by atoms with Gasteiger partial charge in [0.25, 0.3) is 5.91 Å². The number of rotatable bonds is 4. The number of amides is 2. The highest BCUT2D eigenvalue weighted by Crippen LogP contribution is 2.33. The Kier molecular flexibility index (Phi) is 6.82. The zero-order valence-corrected chi connectivity index (χ0v) is 21.2. The lowest BCUT2D eigenvalue weighted by Crippen LogP contribution is -2.50. The van der Waals surface area contributed by atoms with Crippen LogP contribution >= 0.6 is 11.6 Å². The molecule has 36 heavy (non-hydrogen) atoms. The third-order valence-electron chi connectivity index (χ3n) is 6.94. The molecule has 2 aromatic carbocycles. The Morgan fingerprint density at radius 2 is 1.47 bits per heavy atom. The van der Waals surface area contributed by atoms with Gasteiger partial charge in [-0.1, -0.05) is 35.9 Å². The SMILES string of the molecule is COc1ccc(Cl)cc1N1CCN(c2nnc(C(=O)N3CCN(C(C)=O)CC3)c3ccccc23)CC1. The van der Waals surface area contributed by atoms with E-state index in [9.17, 15) is 9.59 Å². The maximum atomic E-state index is 13.3. The molecule has 3 aromatic rings. The second-order valence-electron chi connectivity index (χ2n) is 9.01. The third-order valence-corrected chi connectivity index (χ3v) is 7.18. The van der Waals surface area contributed by atoms with Crippen LogP contribution in [0.25, 0.3) is 10.8 Å². The van der Waals surface area contributed by atoms with Gasteiger partial charge in [-0.05, 0) is 18.2 Å². The summed E-state index contributed by atoms with van der Waals surface area (Å²) in [4.78, 5) is 33.0. The van der Waals surface area contributed by atoms with Crippen LogP contribution in [0.5, 0.6) is 5.75 Å². The van der Waals surface area contributed by atoms with Crippen molar-refractivity contribution in [2.75, 3.05) is 69.3 Å².